The number of carbonyl (C=O) groups is 2. The molecule has 0 aromatic rings. The maximum Gasteiger partial charge on any atom is 0.320 e. The fourth-order valence-corrected chi connectivity index (χ4v) is 2.70. The number of aliphatic carboxylic acids is 1. The van der Waals surface area contributed by atoms with Gasteiger partial charge in [0.1, 0.15) is 0 Å². The van der Waals surface area contributed by atoms with Crippen molar-refractivity contribution in [2.45, 2.75) is 33.1 Å². The van der Waals surface area contributed by atoms with Gasteiger partial charge in [0.05, 0.1) is 5.41 Å². The molecule has 0 aliphatic carbocycles. The predicted octanol–water partition coefficient (Wildman–Crippen LogP) is 1.63. The zero-order valence-electron chi connectivity index (χ0n) is 11.2. The van der Waals surface area contributed by atoms with Crippen molar-refractivity contribution in [3.8, 4) is 0 Å². The number of amides is 2. The summed E-state index contributed by atoms with van der Waals surface area (Å²) in [7, 11) is 0. The number of carboxylic acids is 1. The highest BCUT2D eigenvalue weighted by Gasteiger charge is 2.43. The Hall–Kier alpha value is -1.26. The van der Waals surface area contributed by atoms with Gasteiger partial charge in [-0.05, 0) is 32.1 Å². The van der Waals surface area contributed by atoms with Gasteiger partial charge in [-0.25, -0.2) is 4.79 Å². The first kappa shape index (κ1) is 13.2. The number of hydrogen-bond acceptors (Lipinski definition) is 2. The predicted molar refractivity (Wildman–Crippen MR) is 67.3 cm³/mol. The Morgan fingerprint density at radius 2 is 1.78 bits per heavy atom. The average molecular weight is 254 g/mol. The Morgan fingerprint density at radius 1 is 1.17 bits per heavy atom. The lowest BCUT2D eigenvalue weighted by Crippen LogP contribution is -2.46. The van der Waals surface area contributed by atoms with Crippen LogP contribution in [0.2, 0.25) is 0 Å². The topological polar surface area (TPSA) is 60.9 Å². The van der Waals surface area contributed by atoms with Crippen LogP contribution in [-0.2, 0) is 4.79 Å². The van der Waals surface area contributed by atoms with E-state index < -0.39 is 11.4 Å². The Bertz CT molecular complexity index is 350. The Kier molecular flexibility index (Phi) is 3.50. The summed E-state index contributed by atoms with van der Waals surface area (Å²) in [5, 5.41) is 9.17. The summed E-state index contributed by atoms with van der Waals surface area (Å²) in [6.45, 7) is 6.45. The van der Waals surface area contributed by atoms with Gasteiger partial charge < -0.3 is 14.9 Å². The van der Waals surface area contributed by atoms with Crippen molar-refractivity contribution in [3.63, 3.8) is 0 Å². The summed E-state index contributed by atoms with van der Waals surface area (Å²) in [6, 6.07) is 0.0203. The molecule has 5 nitrogen and oxygen atoms in total. The van der Waals surface area contributed by atoms with E-state index in [9.17, 15) is 9.59 Å². The highest BCUT2D eigenvalue weighted by Crippen LogP contribution is 2.31. The molecule has 18 heavy (non-hydrogen) atoms. The summed E-state index contributed by atoms with van der Waals surface area (Å²) in [5.41, 5.74) is -0.765. The molecule has 2 fully saturated rings. The molecule has 2 aliphatic rings. The molecule has 0 bridgehead atoms. The maximum absolute atomic E-state index is 12.3. The number of urea groups is 1. The van der Waals surface area contributed by atoms with Crippen molar-refractivity contribution in [1.29, 1.82) is 0 Å². The molecular weight excluding hydrogens is 232 g/mol. The zero-order valence-corrected chi connectivity index (χ0v) is 11.2. The van der Waals surface area contributed by atoms with Gasteiger partial charge in [-0.1, -0.05) is 6.92 Å². The fourth-order valence-electron chi connectivity index (χ4n) is 2.70. The summed E-state index contributed by atoms with van der Waals surface area (Å²) < 4.78 is 0. The van der Waals surface area contributed by atoms with E-state index >= 15 is 0 Å². The molecule has 0 aromatic carbocycles. The number of hydrogen-bond donors (Lipinski definition) is 1. The molecule has 2 amide bonds. The molecule has 2 aliphatic heterocycles. The van der Waals surface area contributed by atoms with E-state index in [-0.39, 0.29) is 6.03 Å². The maximum atomic E-state index is 12.3. The first-order valence-corrected chi connectivity index (χ1v) is 6.69. The minimum Gasteiger partial charge on any atom is -0.481 e. The van der Waals surface area contributed by atoms with Crippen LogP contribution < -0.4 is 0 Å². The zero-order chi connectivity index (χ0) is 13.3. The lowest BCUT2D eigenvalue weighted by atomic mass is 9.90. The monoisotopic (exact) mass is 254 g/mol. The minimum absolute atomic E-state index is 0.0203. The van der Waals surface area contributed by atoms with Gasteiger partial charge in [0.2, 0.25) is 0 Å². The van der Waals surface area contributed by atoms with Crippen molar-refractivity contribution in [2.24, 2.45) is 11.3 Å². The van der Waals surface area contributed by atoms with Gasteiger partial charge in [0, 0.05) is 26.2 Å². The van der Waals surface area contributed by atoms with Crippen molar-refractivity contribution >= 4 is 12.0 Å². The molecule has 102 valence electrons. The third-order valence-electron chi connectivity index (χ3n) is 4.31. The quantitative estimate of drug-likeness (QED) is 0.773. The summed E-state index contributed by atoms with van der Waals surface area (Å²) >= 11 is 0. The molecule has 2 saturated heterocycles. The van der Waals surface area contributed by atoms with Gasteiger partial charge in [0.15, 0.2) is 0 Å². The molecule has 0 spiro atoms. The first-order valence-electron chi connectivity index (χ1n) is 6.69. The van der Waals surface area contributed by atoms with Crippen molar-refractivity contribution in [2.75, 3.05) is 26.2 Å². The smallest absolute Gasteiger partial charge is 0.320 e. The average Bonchev–Trinajstić information content (AvgIpc) is 2.73. The Morgan fingerprint density at radius 3 is 2.28 bits per heavy atom. The number of carbonyl (C=O) groups excluding carboxylic acids is 1. The second-order valence-corrected chi connectivity index (χ2v) is 5.99. The van der Waals surface area contributed by atoms with Crippen molar-refractivity contribution in [3.05, 3.63) is 0 Å². The molecule has 0 saturated carbocycles. The van der Waals surface area contributed by atoms with Gasteiger partial charge in [0.25, 0.3) is 0 Å². The Labute approximate surface area is 108 Å². The van der Waals surface area contributed by atoms with Crippen LogP contribution in [0, 0.1) is 11.3 Å². The first-order chi connectivity index (χ1) is 8.42. The van der Waals surface area contributed by atoms with E-state index in [0.29, 0.717) is 25.4 Å². The lowest BCUT2D eigenvalue weighted by molar-refractivity contribution is -0.147. The van der Waals surface area contributed by atoms with Crippen LogP contribution in [0.4, 0.5) is 4.79 Å². The van der Waals surface area contributed by atoms with Crippen LogP contribution in [0.3, 0.4) is 0 Å². The lowest BCUT2D eigenvalue weighted by Gasteiger charge is -2.33. The normalized spacial score (nSPS) is 29.7. The Balaban J connectivity index is 1.93. The molecule has 5 heteroatoms. The second-order valence-electron chi connectivity index (χ2n) is 5.99. The van der Waals surface area contributed by atoms with E-state index in [0.717, 1.165) is 25.9 Å². The summed E-state index contributed by atoms with van der Waals surface area (Å²) in [5.74, 6) is -0.109. The molecular formula is C13H22N2O3. The fraction of sp³-hybridized carbons (Fsp3) is 0.846. The molecule has 0 radical (unpaired) electrons. The molecule has 2 rings (SSSR count). The number of likely N-dealkylation sites (tertiary alicyclic amines) is 2. The largest absolute Gasteiger partial charge is 0.481 e. The SMILES string of the molecule is CC1CCN(C(=O)N2CCC(C)(C(=O)O)C2)CC1. The number of nitrogens with zero attached hydrogens (tertiary/aromatic N) is 2. The van der Waals surface area contributed by atoms with Crippen LogP contribution in [0.1, 0.15) is 33.1 Å². The second kappa shape index (κ2) is 4.78. The van der Waals surface area contributed by atoms with Crippen molar-refractivity contribution in [1.82, 2.24) is 9.80 Å². The van der Waals surface area contributed by atoms with Crippen LogP contribution >= 0.6 is 0 Å². The molecule has 0 aromatic heterocycles. The third kappa shape index (κ3) is 2.44. The van der Waals surface area contributed by atoms with Crippen LogP contribution in [0.5, 0.6) is 0 Å². The van der Waals surface area contributed by atoms with Crippen LogP contribution in [-0.4, -0.2) is 53.1 Å². The highest BCUT2D eigenvalue weighted by atomic mass is 16.4. The van der Waals surface area contributed by atoms with Crippen LogP contribution in [0.25, 0.3) is 0 Å². The van der Waals surface area contributed by atoms with Gasteiger partial charge >= 0.3 is 12.0 Å². The van der Waals surface area contributed by atoms with Crippen LogP contribution in [0.15, 0.2) is 0 Å². The van der Waals surface area contributed by atoms with Crippen molar-refractivity contribution < 1.29 is 14.7 Å². The van der Waals surface area contributed by atoms with E-state index in [1.807, 2.05) is 4.90 Å². The standard InChI is InChI=1S/C13H22N2O3/c1-10-3-6-14(7-4-10)12(18)15-8-5-13(2,9-15)11(16)17/h10H,3-9H2,1-2H3,(H,16,17). The van der Waals surface area contributed by atoms with Gasteiger partial charge in [-0.15, -0.1) is 0 Å². The number of rotatable bonds is 1. The van der Waals surface area contributed by atoms with E-state index in [1.54, 1.807) is 11.8 Å². The molecule has 1 N–H and O–H groups in total. The number of piperidine rings is 1. The third-order valence-corrected chi connectivity index (χ3v) is 4.31. The summed E-state index contributed by atoms with van der Waals surface area (Å²) in [4.78, 5) is 27.0. The van der Waals surface area contributed by atoms with E-state index in [4.69, 9.17) is 5.11 Å². The highest BCUT2D eigenvalue weighted by molar-refractivity contribution is 5.79. The van der Waals surface area contributed by atoms with Gasteiger partial charge in [-0.3, -0.25) is 4.79 Å². The minimum atomic E-state index is -0.801. The van der Waals surface area contributed by atoms with E-state index in [1.165, 1.54) is 0 Å². The number of carboxylic acid groups (broad SMARTS) is 1. The summed E-state index contributed by atoms with van der Waals surface area (Å²) in [6.07, 6.45) is 2.66. The molecule has 1 unspecified atom stereocenters. The molecule has 2 heterocycles. The van der Waals surface area contributed by atoms with E-state index in [2.05, 4.69) is 6.92 Å². The molecule has 1 atom stereocenters. The van der Waals surface area contributed by atoms with Gasteiger partial charge in [-0.2, -0.15) is 0 Å².